The van der Waals surface area contributed by atoms with Gasteiger partial charge in [-0.05, 0) is 44.0 Å². The average molecular weight is 602 g/mol. The fraction of sp³-hybridized carbons (Fsp3) is 0.714. The van der Waals surface area contributed by atoms with E-state index in [4.69, 9.17) is 54.7 Å². The number of hydrogen-bond acceptors (Lipinski definition) is 13. The standard InChI is InChI=1S/C21H37N5O7S.H2O4S/c1-10(22)14-9-8-13(24)21(32-14)33-19-15(25)17(27)20(31-3)16(18(19)28)26(2)34(29,30)12-6-4-11(23)5-7-12;1-5(2,3)4/h4-7,10,13-21,27-28H,8-9,22-25H2,1-3H3;(H2,1,2,3,4)/t10-,13+,14-,15-,16-,17-,18+,19?,20+,21+;/m0./s1. The van der Waals surface area contributed by atoms with E-state index >= 15 is 0 Å². The van der Waals surface area contributed by atoms with Crippen LogP contribution >= 0.6 is 0 Å². The lowest BCUT2D eigenvalue weighted by molar-refractivity contribution is -0.265. The molecule has 1 saturated carbocycles. The molecule has 39 heavy (non-hydrogen) atoms. The van der Waals surface area contributed by atoms with Gasteiger partial charge in [0.1, 0.15) is 18.3 Å². The zero-order chi connectivity index (χ0) is 29.9. The number of hydrogen-bond donors (Lipinski definition) is 8. The second-order valence-electron chi connectivity index (χ2n) is 9.53. The van der Waals surface area contributed by atoms with Gasteiger partial charge in [-0.1, -0.05) is 0 Å². The molecule has 16 nitrogen and oxygen atoms in total. The van der Waals surface area contributed by atoms with Crippen LogP contribution in [0, 0.1) is 0 Å². The quantitative estimate of drug-likeness (QED) is 0.116. The number of nitrogen functional groups attached to an aromatic ring is 1. The first-order valence-corrected chi connectivity index (χ1v) is 14.7. The fourth-order valence-corrected chi connectivity index (χ4v) is 5.96. The summed E-state index contributed by atoms with van der Waals surface area (Å²) in [5.74, 6) is 0. The van der Waals surface area contributed by atoms with Gasteiger partial charge in [0.2, 0.25) is 10.0 Å². The van der Waals surface area contributed by atoms with Crippen LogP contribution in [-0.2, 0) is 34.6 Å². The number of benzene rings is 1. The van der Waals surface area contributed by atoms with Crippen LogP contribution in [-0.4, -0.2) is 116 Å². The van der Waals surface area contributed by atoms with Gasteiger partial charge in [-0.25, -0.2) is 8.42 Å². The Kier molecular flexibility index (Phi) is 11.6. The summed E-state index contributed by atoms with van der Waals surface area (Å²) >= 11 is 0. The van der Waals surface area contributed by atoms with Gasteiger partial charge in [-0.3, -0.25) is 9.11 Å². The van der Waals surface area contributed by atoms with Crippen LogP contribution in [0.4, 0.5) is 5.69 Å². The number of anilines is 1. The summed E-state index contributed by atoms with van der Waals surface area (Å²) in [6.07, 6.45) is -5.16. The molecule has 12 N–H and O–H groups in total. The molecule has 0 amide bonds. The summed E-state index contributed by atoms with van der Waals surface area (Å²) in [6.45, 7) is 1.81. The van der Waals surface area contributed by atoms with Crippen molar-refractivity contribution in [1.82, 2.24) is 4.31 Å². The van der Waals surface area contributed by atoms with Crippen molar-refractivity contribution >= 4 is 26.1 Å². The minimum Gasteiger partial charge on any atom is -0.399 e. The van der Waals surface area contributed by atoms with Gasteiger partial charge >= 0.3 is 10.4 Å². The first kappa shape index (κ1) is 33.7. The van der Waals surface area contributed by atoms with Crippen molar-refractivity contribution in [2.45, 2.75) is 85.6 Å². The van der Waals surface area contributed by atoms with Crippen molar-refractivity contribution in [2.75, 3.05) is 19.9 Å². The molecule has 1 aliphatic heterocycles. The van der Waals surface area contributed by atoms with E-state index in [2.05, 4.69) is 0 Å². The fourth-order valence-electron chi connectivity index (χ4n) is 4.58. The SMILES string of the molecule is CO[C@H]1[C@@H](O)[C@H](N)C(O[C@H]2O[C@H]([C@H](C)N)CC[C@H]2N)[C@H](O)[C@@H]1N(C)S(=O)(=O)c1ccc(N)cc1.O=S(=O)(O)O. The zero-order valence-electron chi connectivity index (χ0n) is 21.7. The number of aliphatic hydroxyl groups is 2. The van der Waals surface area contributed by atoms with Crippen molar-refractivity contribution in [3.8, 4) is 0 Å². The maximum absolute atomic E-state index is 13.3. The highest BCUT2D eigenvalue weighted by atomic mass is 32.3. The van der Waals surface area contributed by atoms with Crippen LogP contribution in [0.1, 0.15) is 19.8 Å². The van der Waals surface area contributed by atoms with E-state index in [0.717, 1.165) is 4.31 Å². The van der Waals surface area contributed by atoms with Crippen LogP contribution in [0.5, 0.6) is 0 Å². The smallest absolute Gasteiger partial charge is 0.394 e. The molecule has 10 atom stereocenters. The molecule has 3 rings (SSSR count). The van der Waals surface area contributed by atoms with Crippen LogP contribution in [0.2, 0.25) is 0 Å². The maximum Gasteiger partial charge on any atom is 0.394 e. The van der Waals surface area contributed by atoms with E-state index in [1.54, 1.807) is 6.92 Å². The van der Waals surface area contributed by atoms with E-state index in [0.29, 0.717) is 18.5 Å². The average Bonchev–Trinajstić information content (AvgIpc) is 2.83. The predicted molar refractivity (Wildman–Crippen MR) is 139 cm³/mol. The van der Waals surface area contributed by atoms with Crippen LogP contribution in [0.25, 0.3) is 0 Å². The van der Waals surface area contributed by atoms with Crippen LogP contribution in [0.3, 0.4) is 0 Å². The lowest BCUT2D eigenvalue weighted by atomic mass is 9.81. The number of sulfonamides is 1. The van der Waals surface area contributed by atoms with E-state index in [-0.39, 0.29) is 17.0 Å². The van der Waals surface area contributed by atoms with E-state index in [9.17, 15) is 18.6 Å². The Morgan fingerprint density at radius 2 is 1.56 bits per heavy atom. The van der Waals surface area contributed by atoms with Gasteiger partial charge in [-0.2, -0.15) is 12.7 Å². The number of ether oxygens (including phenoxy) is 3. The molecule has 1 saturated heterocycles. The number of methoxy groups -OCH3 is 1. The summed E-state index contributed by atoms with van der Waals surface area (Å²) < 4.78 is 76.4. The van der Waals surface area contributed by atoms with E-state index in [1.165, 1.54) is 38.4 Å². The Morgan fingerprint density at radius 3 is 2.05 bits per heavy atom. The summed E-state index contributed by atoms with van der Waals surface area (Å²) in [5, 5.41) is 22.2. The Labute approximate surface area is 227 Å². The molecule has 1 aliphatic carbocycles. The minimum atomic E-state index is -4.67. The van der Waals surface area contributed by atoms with Crippen LogP contribution < -0.4 is 22.9 Å². The lowest BCUT2D eigenvalue weighted by Crippen LogP contribution is -2.72. The predicted octanol–water partition coefficient (Wildman–Crippen LogP) is -2.75. The third-order valence-corrected chi connectivity index (χ3v) is 8.57. The van der Waals surface area contributed by atoms with Gasteiger partial charge in [0.05, 0.1) is 35.2 Å². The second kappa shape index (κ2) is 13.4. The number of aliphatic hydroxyl groups excluding tert-OH is 2. The summed E-state index contributed by atoms with van der Waals surface area (Å²) in [6, 6.07) is 2.52. The highest BCUT2D eigenvalue weighted by molar-refractivity contribution is 7.89. The summed E-state index contributed by atoms with van der Waals surface area (Å²) in [4.78, 5) is -0.0366. The monoisotopic (exact) mass is 601 g/mol. The number of likely N-dealkylation sites (N-methyl/N-ethyl adjacent to an activating group) is 1. The molecule has 18 heteroatoms. The van der Waals surface area contributed by atoms with Crippen molar-refractivity contribution in [3.05, 3.63) is 24.3 Å². The number of nitrogens with zero attached hydrogens (tertiary/aromatic N) is 1. The van der Waals surface area contributed by atoms with Gasteiger partial charge < -0.3 is 47.4 Å². The van der Waals surface area contributed by atoms with Crippen molar-refractivity contribution in [2.24, 2.45) is 17.2 Å². The molecule has 1 aromatic carbocycles. The number of rotatable bonds is 7. The molecular weight excluding hydrogens is 562 g/mol. The van der Waals surface area contributed by atoms with E-state index in [1.807, 2.05) is 0 Å². The summed E-state index contributed by atoms with van der Waals surface area (Å²) in [5.41, 5.74) is 24.4. The van der Waals surface area contributed by atoms with Gasteiger partial charge in [-0.15, -0.1) is 0 Å². The van der Waals surface area contributed by atoms with Crippen molar-refractivity contribution < 1.29 is 50.4 Å². The minimum absolute atomic E-state index is 0.0366. The molecule has 1 heterocycles. The molecule has 0 aromatic heterocycles. The molecule has 226 valence electrons. The van der Waals surface area contributed by atoms with Crippen LogP contribution in [0.15, 0.2) is 29.2 Å². The molecule has 0 spiro atoms. The normalized spacial score (nSPS) is 34.7. The van der Waals surface area contributed by atoms with Crippen molar-refractivity contribution in [1.29, 1.82) is 0 Å². The first-order chi connectivity index (χ1) is 17.9. The van der Waals surface area contributed by atoms with Gasteiger partial charge in [0.15, 0.2) is 6.29 Å². The Balaban J connectivity index is 0.000000976. The molecule has 2 aliphatic rings. The lowest BCUT2D eigenvalue weighted by Gasteiger charge is -2.49. The topological polar surface area (TPSA) is 284 Å². The zero-order valence-corrected chi connectivity index (χ0v) is 23.3. The molecule has 1 unspecified atom stereocenters. The van der Waals surface area contributed by atoms with E-state index < -0.39 is 69.3 Å². The highest BCUT2D eigenvalue weighted by Gasteiger charge is 2.54. The molecule has 2 fully saturated rings. The first-order valence-electron chi connectivity index (χ1n) is 11.9. The third kappa shape index (κ3) is 8.49. The molecular formula is C21H39N5O11S2. The molecule has 0 bridgehead atoms. The molecule has 0 radical (unpaired) electrons. The maximum atomic E-state index is 13.3. The highest BCUT2D eigenvalue weighted by Crippen LogP contribution is 2.33. The summed E-state index contributed by atoms with van der Waals surface area (Å²) in [7, 11) is -6.17. The van der Waals surface area contributed by atoms with Crippen molar-refractivity contribution in [3.63, 3.8) is 0 Å². The Hall–Kier alpha value is -1.52. The molecule has 1 aromatic rings. The van der Waals surface area contributed by atoms with Gasteiger partial charge in [0.25, 0.3) is 0 Å². The Morgan fingerprint density at radius 1 is 1.03 bits per heavy atom. The third-order valence-electron chi connectivity index (χ3n) is 6.70. The Bertz CT molecular complexity index is 1130. The second-order valence-corrected chi connectivity index (χ2v) is 12.4. The number of nitrogens with two attached hydrogens (primary N) is 4. The largest absolute Gasteiger partial charge is 0.399 e. The van der Waals surface area contributed by atoms with Gasteiger partial charge in [0, 0.05) is 25.9 Å².